The van der Waals surface area contributed by atoms with Gasteiger partial charge in [-0.05, 0) is 19.8 Å². The summed E-state index contributed by atoms with van der Waals surface area (Å²) in [5, 5.41) is 0. The molecule has 0 aromatic carbocycles. The van der Waals surface area contributed by atoms with Crippen LogP contribution in [0.2, 0.25) is 12.1 Å². The summed E-state index contributed by atoms with van der Waals surface area (Å²) in [6, 6.07) is 1.23. The highest BCUT2D eigenvalue weighted by Crippen LogP contribution is 2.16. The Kier molecular flexibility index (Phi) is 14.4. The number of hydrogen-bond donors (Lipinski definition) is 0. The van der Waals surface area contributed by atoms with Crippen molar-refractivity contribution in [3.05, 3.63) is 0 Å². The van der Waals surface area contributed by atoms with Crippen LogP contribution in [0.5, 0.6) is 0 Å². The van der Waals surface area contributed by atoms with Crippen molar-refractivity contribution >= 4 is 23.6 Å². The summed E-state index contributed by atoms with van der Waals surface area (Å²) in [4.78, 5) is 11.9. The molecule has 0 saturated carbocycles. The Hall–Kier alpha value is -0.376. The minimum absolute atomic E-state index is 0.197. The molecule has 0 spiro atoms. The van der Waals surface area contributed by atoms with Gasteiger partial charge in [0.05, 0.1) is 19.1 Å². The van der Waals surface area contributed by atoms with Crippen LogP contribution in [0.25, 0.3) is 0 Å². The first-order valence-electron chi connectivity index (χ1n) is 8.94. The van der Waals surface area contributed by atoms with Crippen LogP contribution < -0.4 is 0 Å². The predicted molar refractivity (Wildman–Crippen MR) is 103 cm³/mol. The second kappa shape index (κ2) is 14.6. The van der Waals surface area contributed by atoms with Crippen molar-refractivity contribution in [2.24, 2.45) is 0 Å². The minimum atomic E-state index is -2.61. The van der Waals surface area contributed by atoms with Crippen LogP contribution in [0, 0.1) is 0 Å². The minimum Gasteiger partial charge on any atom is -0.466 e. The number of carbonyl (C=O) groups excluding carboxylic acids is 1. The van der Waals surface area contributed by atoms with Crippen molar-refractivity contribution in [2.75, 3.05) is 55.9 Å². The monoisotopic (exact) mass is 428 g/mol. The van der Waals surface area contributed by atoms with Gasteiger partial charge in [-0.25, -0.2) is 0 Å². The molecule has 0 aliphatic heterocycles. The highest BCUT2D eigenvalue weighted by molar-refractivity contribution is 6.60. The van der Waals surface area contributed by atoms with Crippen LogP contribution in [-0.4, -0.2) is 85.6 Å². The summed E-state index contributed by atoms with van der Waals surface area (Å²) in [7, 11) is 4.24. The fraction of sp³-hybridized carbons (Fsp3) is 0.938. The van der Waals surface area contributed by atoms with E-state index in [2.05, 4.69) is 0 Å². The van der Waals surface area contributed by atoms with Gasteiger partial charge in [-0.3, -0.25) is 4.79 Å². The molecule has 27 heavy (non-hydrogen) atoms. The van der Waals surface area contributed by atoms with Crippen molar-refractivity contribution in [1.29, 1.82) is 0 Å². The molecule has 0 saturated heterocycles. The van der Waals surface area contributed by atoms with Gasteiger partial charge in [0.1, 0.15) is 0 Å². The number of ether oxygens (including phenoxy) is 2. The van der Waals surface area contributed by atoms with Crippen LogP contribution in [0.4, 0.5) is 0 Å². The lowest BCUT2D eigenvalue weighted by Crippen LogP contribution is -2.42. The zero-order valence-electron chi connectivity index (χ0n) is 17.7. The Morgan fingerprint density at radius 2 is 1.15 bits per heavy atom. The van der Waals surface area contributed by atoms with Crippen LogP contribution in [0.1, 0.15) is 26.2 Å². The summed E-state index contributed by atoms with van der Waals surface area (Å²) >= 11 is 0. The van der Waals surface area contributed by atoms with Crippen molar-refractivity contribution in [3.8, 4) is 0 Å². The first-order chi connectivity index (χ1) is 12.9. The normalized spacial score (nSPS) is 13.6. The molecule has 0 heterocycles. The molecule has 0 aliphatic carbocycles. The summed E-state index contributed by atoms with van der Waals surface area (Å²) in [6.07, 6.45) is 1.30. The third-order valence-electron chi connectivity index (χ3n) is 4.24. The quantitative estimate of drug-likeness (QED) is 0.195. The summed E-state index contributed by atoms with van der Waals surface area (Å²) in [6.45, 7) is 2.62. The van der Waals surface area contributed by atoms with Gasteiger partial charge in [-0.15, -0.1) is 0 Å². The van der Waals surface area contributed by atoms with Crippen LogP contribution in [0.15, 0.2) is 0 Å². The number of esters is 1. The lowest BCUT2D eigenvalue weighted by molar-refractivity contribution is -0.146. The predicted octanol–water partition coefficient (Wildman–Crippen LogP) is 1.86. The maximum Gasteiger partial charge on any atom is 0.500 e. The fourth-order valence-corrected chi connectivity index (χ4v) is 5.89. The molecule has 0 bridgehead atoms. The molecule has 0 fully saturated rings. The molecule has 0 amide bonds. The average Bonchev–Trinajstić information content (AvgIpc) is 2.69. The van der Waals surface area contributed by atoms with Crippen molar-refractivity contribution < 1.29 is 40.8 Å². The fourth-order valence-electron chi connectivity index (χ4n) is 2.51. The van der Waals surface area contributed by atoms with E-state index in [4.69, 9.17) is 36.0 Å². The second-order valence-electron chi connectivity index (χ2n) is 5.90. The molecule has 9 nitrogen and oxygen atoms in total. The van der Waals surface area contributed by atoms with E-state index < -0.39 is 17.6 Å². The topological polar surface area (TPSA) is 90.9 Å². The van der Waals surface area contributed by atoms with Gasteiger partial charge in [0.25, 0.3) is 0 Å². The van der Waals surface area contributed by atoms with Crippen molar-refractivity contribution in [1.82, 2.24) is 0 Å². The summed E-state index contributed by atoms with van der Waals surface area (Å²) in [5.74, 6) is -0.295. The third-order valence-corrected chi connectivity index (χ3v) is 9.90. The SMILES string of the molecule is CO[Si](CCCOC(=O)CC(C)OCCC[Si](OC)(OC)OC)(OC)OC. The molecule has 0 aliphatic rings. The third kappa shape index (κ3) is 10.1. The average molecular weight is 429 g/mol. The molecule has 162 valence electrons. The van der Waals surface area contributed by atoms with Gasteiger partial charge < -0.3 is 36.0 Å². The van der Waals surface area contributed by atoms with E-state index in [9.17, 15) is 4.79 Å². The lowest BCUT2D eigenvalue weighted by Gasteiger charge is -2.24. The standard InChI is InChI=1S/C16H36O9Si2/c1-15(24-10-8-12-26(18-2,19-3)20-4)14-16(17)25-11-9-13-27(21-5,22-6)23-7/h15H,8-14H2,1-7H3. The second-order valence-corrected chi connectivity index (χ2v) is 12.1. The van der Waals surface area contributed by atoms with E-state index in [1.807, 2.05) is 6.92 Å². The molecular formula is C16H36O9Si2. The van der Waals surface area contributed by atoms with Gasteiger partial charge in [-0.2, -0.15) is 0 Å². The van der Waals surface area contributed by atoms with Crippen molar-refractivity contribution in [3.63, 3.8) is 0 Å². The largest absolute Gasteiger partial charge is 0.500 e. The van der Waals surface area contributed by atoms with E-state index in [0.29, 0.717) is 31.7 Å². The Balaban J connectivity index is 3.96. The van der Waals surface area contributed by atoms with Gasteiger partial charge in [0.2, 0.25) is 0 Å². The van der Waals surface area contributed by atoms with E-state index in [1.165, 1.54) is 0 Å². The van der Waals surface area contributed by atoms with E-state index in [0.717, 1.165) is 6.42 Å². The Labute approximate surface area is 165 Å². The van der Waals surface area contributed by atoms with Gasteiger partial charge in [0, 0.05) is 61.4 Å². The van der Waals surface area contributed by atoms with E-state index in [-0.39, 0.29) is 18.5 Å². The van der Waals surface area contributed by atoms with Gasteiger partial charge >= 0.3 is 23.6 Å². The summed E-state index contributed by atoms with van der Waals surface area (Å²) in [5.41, 5.74) is 0. The molecule has 11 heteroatoms. The van der Waals surface area contributed by atoms with Crippen LogP contribution >= 0.6 is 0 Å². The van der Waals surface area contributed by atoms with Gasteiger partial charge in [0.15, 0.2) is 0 Å². The molecule has 0 radical (unpaired) electrons. The highest BCUT2D eigenvalue weighted by atomic mass is 28.4. The molecule has 0 aromatic rings. The lowest BCUT2D eigenvalue weighted by atomic mass is 10.3. The Morgan fingerprint density at radius 1 is 0.741 bits per heavy atom. The van der Waals surface area contributed by atoms with E-state index >= 15 is 0 Å². The Morgan fingerprint density at radius 3 is 1.56 bits per heavy atom. The Bertz CT molecular complexity index is 374. The molecule has 1 atom stereocenters. The zero-order valence-corrected chi connectivity index (χ0v) is 19.7. The molecule has 0 rings (SSSR count). The number of rotatable bonds is 17. The molecule has 1 unspecified atom stereocenters. The maximum absolute atomic E-state index is 11.9. The van der Waals surface area contributed by atoms with Crippen LogP contribution in [0.3, 0.4) is 0 Å². The van der Waals surface area contributed by atoms with E-state index in [1.54, 1.807) is 42.7 Å². The van der Waals surface area contributed by atoms with Crippen LogP contribution in [-0.2, 0) is 40.8 Å². The molecule has 0 N–H and O–H groups in total. The smallest absolute Gasteiger partial charge is 0.466 e. The molecular weight excluding hydrogens is 392 g/mol. The summed E-state index contributed by atoms with van der Waals surface area (Å²) < 4.78 is 42.9. The molecule has 0 aromatic heterocycles. The van der Waals surface area contributed by atoms with Gasteiger partial charge in [-0.1, -0.05) is 0 Å². The van der Waals surface area contributed by atoms with Crippen molar-refractivity contribution in [2.45, 2.75) is 44.4 Å². The maximum atomic E-state index is 11.9. The zero-order chi connectivity index (χ0) is 20.8. The number of hydrogen-bond acceptors (Lipinski definition) is 9. The highest BCUT2D eigenvalue weighted by Gasteiger charge is 2.37. The number of carbonyl (C=O) groups is 1. The first kappa shape index (κ1) is 26.6. The first-order valence-corrected chi connectivity index (χ1v) is 12.8.